The Kier molecular flexibility index (Phi) is 5.26. The molecule has 0 saturated carbocycles. The number of rotatable bonds is 4. The molecule has 30 heavy (non-hydrogen) atoms. The number of nitrogens with two attached hydrogens (primary N) is 1. The summed E-state index contributed by atoms with van der Waals surface area (Å²) in [7, 11) is 0. The number of anilines is 2. The van der Waals surface area contributed by atoms with Crippen LogP contribution in [0.5, 0.6) is 0 Å². The second-order valence-corrected chi connectivity index (χ2v) is 7.11. The predicted octanol–water partition coefficient (Wildman–Crippen LogP) is 2.51. The van der Waals surface area contributed by atoms with Gasteiger partial charge in [-0.05, 0) is 5.56 Å². The summed E-state index contributed by atoms with van der Waals surface area (Å²) in [6.45, 7) is 3.11. The molecule has 0 atom stereocenters. The van der Waals surface area contributed by atoms with Gasteiger partial charge in [-0.3, -0.25) is 4.79 Å². The lowest BCUT2D eigenvalue weighted by Gasteiger charge is -2.29. The standard InChI is InChI=1S/C22H21N7O/c1-14(30)29-8-7-19-18(13-29)20(17(9-23)21(24)28-19)16-11-26-22(27-12-16)25-10-15-5-3-2-4-6-15/h2-6,11-12H,7-8,10,13H2,1H3,(H2,24,28)(H,25,26,27). The molecule has 3 heterocycles. The van der Waals surface area contributed by atoms with Crippen LogP contribution in [0, 0.1) is 11.3 Å². The lowest BCUT2D eigenvalue weighted by molar-refractivity contribution is -0.129. The van der Waals surface area contributed by atoms with E-state index in [9.17, 15) is 10.1 Å². The van der Waals surface area contributed by atoms with E-state index in [-0.39, 0.29) is 17.3 Å². The second-order valence-electron chi connectivity index (χ2n) is 7.11. The highest BCUT2D eigenvalue weighted by Crippen LogP contribution is 2.34. The molecule has 2 aromatic heterocycles. The number of hydrogen-bond acceptors (Lipinski definition) is 7. The maximum Gasteiger partial charge on any atom is 0.222 e. The van der Waals surface area contributed by atoms with Crippen molar-refractivity contribution in [3.05, 3.63) is 65.1 Å². The third-order valence-electron chi connectivity index (χ3n) is 5.17. The smallest absolute Gasteiger partial charge is 0.222 e. The maximum absolute atomic E-state index is 11.9. The SMILES string of the molecule is CC(=O)N1CCc2nc(N)c(C#N)c(-c3cnc(NCc4ccccc4)nc3)c2C1. The molecule has 3 aromatic rings. The fourth-order valence-corrected chi connectivity index (χ4v) is 3.61. The number of amides is 1. The Balaban J connectivity index is 1.67. The summed E-state index contributed by atoms with van der Waals surface area (Å²) in [6.07, 6.45) is 3.93. The van der Waals surface area contributed by atoms with Gasteiger partial charge in [0.25, 0.3) is 0 Å². The molecule has 0 saturated heterocycles. The summed E-state index contributed by atoms with van der Waals surface area (Å²) in [5.41, 5.74) is 10.4. The summed E-state index contributed by atoms with van der Waals surface area (Å²) in [5, 5.41) is 12.9. The number of benzene rings is 1. The minimum absolute atomic E-state index is 0.0151. The molecule has 4 rings (SSSR count). The van der Waals surface area contributed by atoms with Crippen LogP contribution in [0.1, 0.15) is 29.3 Å². The average molecular weight is 399 g/mol. The van der Waals surface area contributed by atoms with Crippen LogP contribution in [-0.2, 0) is 24.3 Å². The summed E-state index contributed by atoms with van der Waals surface area (Å²) in [4.78, 5) is 26.9. The van der Waals surface area contributed by atoms with Crippen molar-refractivity contribution in [2.24, 2.45) is 0 Å². The Morgan fingerprint density at radius 2 is 2.00 bits per heavy atom. The lowest BCUT2D eigenvalue weighted by atomic mass is 9.92. The number of nitrogen functional groups attached to an aromatic ring is 1. The minimum Gasteiger partial charge on any atom is -0.383 e. The van der Waals surface area contributed by atoms with Crippen LogP contribution in [0.4, 0.5) is 11.8 Å². The molecule has 0 radical (unpaired) electrons. The van der Waals surface area contributed by atoms with Crippen LogP contribution in [0.2, 0.25) is 0 Å². The summed E-state index contributed by atoms with van der Waals surface area (Å²) in [6, 6.07) is 12.1. The number of pyridine rings is 1. The third kappa shape index (κ3) is 3.78. The summed E-state index contributed by atoms with van der Waals surface area (Å²) < 4.78 is 0. The average Bonchev–Trinajstić information content (AvgIpc) is 2.77. The molecular formula is C22H21N7O. The van der Waals surface area contributed by atoms with E-state index in [0.29, 0.717) is 43.1 Å². The zero-order valence-electron chi connectivity index (χ0n) is 16.6. The zero-order chi connectivity index (χ0) is 21.1. The fraction of sp³-hybridized carbons (Fsp3) is 0.227. The van der Waals surface area contributed by atoms with Crippen LogP contribution < -0.4 is 11.1 Å². The number of nitrogens with zero attached hydrogens (tertiary/aromatic N) is 5. The molecule has 0 bridgehead atoms. The van der Waals surface area contributed by atoms with Crippen LogP contribution >= 0.6 is 0 Å². The Hall–Kier alpha value is -3.99. The molecule has 8 nitrogen and oxygen atoms in total. The first-order chi connectivity index (χ1) is 14.6. The van der Waals surface area contributed by atoms with Gasteiger partial charge in [0, 0.05) is 62.1 Å². The highest BCUT2D eigenvalue weighted by molar-refractivity contribution is 5.80. The van der Waals surface area contributed by atoms with Gasteiger partial charge in [0.15, 0.2) is 0 Å². The Labute approximate surface area is 174 Å². The van der Waals surface area contributed by atoms with Gasteiger partial charge in [0.1, 0.15) is 17.5 Å². The van der Waals surface area contributed by atoms with Gasteiger partial charge >= 0.3 is 0 Å². The highest BCUT2D eigenvalue weighted by Gasteiger charge is 2.26. The Morgan fingerprint density at radius 1 is 1.27 bits per heavy atom. The molecule has 150 valence electrons. The molecule has 1 aromatic carbocycles. The highest BCUT2D eigenvalue weighted by atomic mass is 16.2. The number of nitrogens with one attached hydrogen (secondary N) is 1. The molecule has 0 aliphatic carbocycles. The van der Waals surface area contributed by atoms with Crippen molar-refractivity contribution in [2.75, 3.05) is 17.6 Å². The second kappa shape index (κ2) is 8.17. The minimum atomic E-state index is -0.0151. The number of hydrogen-bond donors (Lipinski definition) is 2. The fourth-order valence-electron chi connectivity index (χ4n) is 3.61. The normalized spacial score (nSPS) is 12.7. The largest absolute Gasteiger partial charge is 0.383 e. The maximum atomic E-state index is 11.9. The van der Waals surface area contributed by atoms with Gasteiger partial charge in [0.2, 0.25) is 11.9 Å². The Morgan fingerprint density at radius 3 is 2.67 bits per heavy atom. The molecule has 0 unspecified atom stereocenters. The summed E-state index contributed by atoms with van der Waals surface area (Å²) in [5.74, 6) is 0.662. The monoisotopic (exact) mass is 399 g/mol. The van der Waals surface area contributed by atoms with Gasteiger partial charge in [-0.2, -0.15) is 5.26 Å². The van der Waals surface area contributed by atoms with Crippen molar-refractivity contribution in [3.63, 3.8) is 0 Å². The van der Waals surface area contributed by atoms with Gasteiger partial charge in [-0.15, -0.1) is 0 Å². The van der Waals surface area contributed by atoms with Crippen molar-refractivity contribution >= 4 is 17.7 Å². The van der Waals surface area contributed by atoms with E-state index in [1.165, 1.54) is 6.92 Å². The summed E-state index contributed by atoms with van der Waals surface area (Å²) >= 11 is 0. The van der Waals surface area contributed by atoms with Gasteiger partial charge in [-0.25, -0.2) is 15.0 Å². The van der Waals surface area contributed by atoms with E-state index in [1.807, 2.05) is 30.3 Å². The molecular weight excluding hydrogens is 378 g/mol. The molecule has 1 aliphatic rings. The number of aromatic nitrogens is 3. The van der Waals surface area contributed by atoms with Crippen molar-refractivity contribution in [1.82, 2.24) is 19.9 Å². The molecule has 1 amide bonds. The number of carbonyl (C=O) groups excluding carboxylic acids is 1. The molecule has 8 heteroatoms. The zero-order valence-corrected chi connectivity index (χ0v) is 16.6. The van der Waals surface area contributed by atoms with Crippen molar-refractivity contribution in [1.29, 1.82) is 5.26 Å². The van der Waals surface area contributed by atoms with E-state index in [2.05, 4.69) is 26.3 Å². The topological polar surface area (TPSA) is 121 Å². The van der Waals surface area contributed by atoms with Crippen LogP contribution in [0.25, 0.3) is 11.1 Å². The third-order valence-corrected chi connectivity index (χ3v) is 5.17. The van der Waals surface area contributed by atoms with Gasteiger partial charge < -0.3 is 16.0 Å². The van der Waals surface area contributed by atoms with Crippen molar-refractivity contribution < 1.29 is 4.79 Å². The van der Waals surface area contributed by atoms with E-state index in [4.69, 9.17) is 5.73 Å². The van der Waals surface area contributed by atoms with Gasteiger partial charge in [-0.1, -0.05) is 30.3 Å². The molecule has 0 spiro atoms. The first kappa shape index (κ1) is 19.3. The van der Waals surface area contributed by atoms with E-state index in [1.54, 1.807) is 17.3 Å². The van der Waals surface area contributed by atoms with E-state index >= 15 is 0 Å². The predicted molar refractivity (Wildman–Crippen MR) is 113 cm³/mol. The van der Waals surface area contributed by atoms with Crippen molar-refractivity contribution in [3.8, 4) is 17.2 Å². The number of nitriles is 1. The molecule has 3 N–H and O–H groups in total. The van der Waals surface area contributed by atoms with Crippen LogP contribution in [0.15, 0.2) is 42.7 Å². The number of carbonyl (C=O) groups is 1. The number of fused-ring (bicyclic) bond motifs is 1. The van der Waals surface area contributed by atoms with Crippen molar-refractivity contribution in [2.45, 2.75) is 26.4 Å². The molecule has 1 aliphatic heterocycles. The van der Waals surface area contributed by atoms with Crippen LogP contribution in [-0.4, -0.2) is 32.3 Å². The Bertz CT molecular complexity index is 1120. The first-order valence-corrected chi connectivity index (χ1v) is 9.64. The van der Waals surface area contributed by atoms with E-state index in [0.717, 1.165) is 16.8 Å². The lowest BCUT2D eigenvalue weighted by Crippen LogP contribution is -2.35. The first-order valence-electron chi connectivity index (χ1n) is 9.64. The molecule has 0 fully saturated rings. The van der Waals surface area contributed by atoms with E-state index < -0.39 is 0 Å². The van der Waals surface area contributed by atoms with Gasteiger partial charge in [0.05, 0.1) is 5.69 Å². The van der Waals surface area contributed by atoms with Crippen LogP contribution in [0.3, 0.4) is 0 Å². The quantitative estimate of drug-likeness (QED) is 0.691.